The molecule has 8 nitrogen and oxygen atoms in total. The zero-order valence-electron chi connectivity index (χ0n) is 15.1. The van der Waals surface area contributed by atoms with Gasteiger partial charge in [0.1, 0.15) is 0 Å². The Hall–Kier alpha value is -3.85. The van der Waals surface area contributed by atoms with Crippen molar-refractivity contribution in [2.45, 2.75) is 6.54 Å². The van der Waals surface area contributed by atoms with Crippen LogP contribution in [0.25, 0.3) is 22.6 Å². The first-order chi connectivity index (χ1) is 14.3. The molecule has 0 atom stereocenters. The van der Waals surface area contributed by atoms with Gasteiger partial charge in [0, 0.05) is 28.9 Å². The summed E-state index contributed by atoms with van der Waals surface area (Å²) in [6.45, 7) is 0.214. The third-order valence-corrected chi connectivity index (χ3v) is 5.11. The molecule has 0 aliphatic rings. The Labute approximate surface area is 169 Å². The van der Waals surface area contributed by atoms with Crippen molar-refractivity contribution in [1.82, 2.24) is 34.9 Å². The van der Waals surface area contributed by atoms with Gasteiger partial charge in [-0.2, -0.15) is 26.0 Å². The molecule has 5 rings (SSSR count). The Kier molecular flexibility index (Phi) is 4.34. The van der Waals surface area contributed by atoms with Crippen LogP contribution >= 0.6 is 11.3 Å². The van der Waals surface area contributed by atoms with Gasteiger partial charge in [-0.15, -0.1) is 10.2 Å². The molecule has 1 aromatic carbocycles. The summed E-state index contributed by atoms with van der Waals surface area (Å²) in [6.07, 6.45) is 3.52. The van der Waals surface area contributed by atoms with Crippen LogP contribution in [0.2, 0.25) is 0 Å². The molecular weight excluding hydrogens is 386 g/mol. The second kappa shape index (κ2) is 7.28. The number of rotatable bonds is 5. The van der Waals surface area contributed by atoms with Crippen molar-refractivity contribution in [1.29, 1.82) is 0 Å². The van der Waals surface area contributed by atoms with Gasteiger partial charge in [0.25, 0.3) is 5.91 Å². The molecule has 0 saturated carbocycles. The topological polar surface area (TPSA) is 90.0 Å². The van der Waals surface area contributed by atoms with E-state index in [0.717, 1.165) is 16.9 Å². The van der Waals surface area contributed by atoms with E-state index in [1.807, 2.05) is 53.4 Å². The molecule has 1 amide bonds. The first-order valence-corrected chi connectivity index (χ1v) is 9.84. The molecule has 4 heterocycles. The molecule has 142 valence electrons. The van der Waals surface area contributed by atoms with Gasteiger partial charge in [-0.25, -0.2) is 4.68 Å². The number of hydrogen-bond acceptors (Lipinski definition) is 6. The van der Waals surface area contributed by atoms with Crippen LogP contribution in [0.4, 0.5) is 0 Å². The highest BCUT2D eigenvalue weighted by atomic mass is 32.1. The number of aromatic nitrogens is 6. The molecule has 0 unspecified atom stereocenters. The first kappa shape index (κ1) is 17.3. The zero-order chi connectivity index (χ0) is 19.6. The molecule has 0 fully saturated rings. The summed E-state index contributed by atoms with van der Waals surface area (Å²) in [5.41, 5.74) is 3.86. The Morgan fingerprint density at radius 3 is 2.90 bits per heavy atom. The second-order valence-electron chi connectivity index (χ2n) is 6.30. The van der Waals surface area contributed by atoms with Gasteiger partial charge in [0.15, 0.2) is 11.5 Å². The molecule has 1 N–H and O–H groups in total. The van der Waals surface area contributed by atoms with E-state index in [-0.39, 0.29) is 12.5 Å². The number of carbonyl (C=O) groups is 1. The van der Waals surface area contributed by atoms with Crippen molar-refractivity contribution in [3.63, 3.8) is 0 Å². The number of nitrogens with one attached hydrogen (secondary N) is 1. The molecule has 4 aromatic heterocycles. The summed E-state index contributed by atoms with van der Waals surface area (Å²) >= 11 is 1.61. The highest BCUT2D eigenvalue weighted by molar-refractivity contribution is 7.08. The van der Waals surface area contributed by atoms with Crippen LogP contribution in [0.1, 0.15) is 16.2 Å². The molecule has 0 spiro atoms. The fourth-order valence-electron chi connectivity index (χ4n) is 2.98. The summed E-state index contributed by atoms with van der Waals surface area (Å²) in [5, 5.41) is 24.0. The third-order valence-electron chi connectivity index (χ3n) is 4.43. The molecule has 5 aromatic rings. The molecule has 0 aliphatic carbocycles. The van der Waals surface area contributed by atoms with Crippen LogP contribution in [-0.2, 0) is 6.54 Å². The fourth-order valence-corrected chi connectivity index (χ4v) is 3.63. The van der Waals surface area contributed by atoms with Crippen molar-refractivity contribution < 1.29 is 4.79 Å². The quantitative estimate of drug-likeness (QED) is 0.489. The maximum absolute atomic E-state index is 12.6. The first-order valence-electron chi connectivity index (χ1n) is 8.90. The lowest BCUT2D eigenvalue weighted by molar-refractivity contribution is 0.0949. The normalized spacial score (nSPS) is 11.0. The molecule has 0 radical (unpaired) electrons. The van der Waals surface area contributed by atoms with Gasteiger partial charge in [0.05, 0.1) is 17.9 Å². The number of benzene rings is 1. The van der Waals surface area contributed by atoms with Crippen molar-refractivity contribution in [2.24, 2.45) is 0 Å². The Balaban J connectivity index is 1.36. The monoisotopic (exact) mass is 401 g/mol. The smallest absolute Gasteiger partial charge is 0.251 e. The molecule has 0 bridgehead atoms. The van der Waals surface area contributed by atoms with E-state index in [1.54, 1.807) is 38.9 Å². The number of carbonyl (C=O) groups excluding carboxylic acids is 1. The summed E-state index contributed by atoms with van der Waals surface area (Å²) in [4.78, 5) is 12.6. The fraction of sp³-hybridized carbons (Fsp3) is 0.0500. The lowest BCUT2D eigenvalue weighted by Crippen LogP contribution is -2.24. The van der Waals surface area contributed by atoms with Crippen molar-refractivity contribution >= 4 is 22.9 Å². The molecule has 9 heteroatoms. The van der Waals surface area contributed by atoms with Crippen LogP contribution in [0.3, 0.4) is 0 Å². The van der Waals surface area contributed by atoms with Gasteiger partial charge >= 0.3 is 0 Å². The van der Waals surface area contributed by atoms with Gasteiger partial charge in [-0.05, 0) is 47.8 Å². The van der Waals surface area contributed by atoms with Crippen LogP contribution in [0.15, 0.2) is 71.7 Å². The van der Waals surface area contributed by atoms with E-state index >= 15 is 0 Å². The summed E-state index contributed by atoms with van der Waals surface area (Å²) < 4.78 is 3.37. The Morgan fingerprint density at radius 2 is 2.07 bits per heavy atom. The predicted molar refractivity (Wildman–Crippen MR) is 109 cm³/mol. The van der Waals surface area contributed by atoms with Crippen molar-refractivity contribution in [3.8, 4) is 16.9 Å². The number of nitrogens with zero attached hydrogens (tertiary/aromatic N) is 6. The van der Waals surface area contributed by atoms with Crippen LogP contribution in [0, 0.1) is 0 Å². The molecule has 29 heavy (non-hydrogen) atoms. The van der Waals surface area contributed by atoms with E-state index in [0.29, 0.717) is 17.0 Å². The van der Waals surface area contributed by atoms with E-state index in [9.17, 15) is 4.79 Å². The lowest BCUT2D eigenvalue weighted by Gasteiger charge is -2.07. The zero-order valence-corrected chi connectivity index (χ0v) is 16.0. The Morgan fingerprint density at radius 1 is 1.10 bits per heavy atom. The number of fused-ring (bicyclic) bond motifs is 1. The van der Waals surface area contributed by atoms with Gasteiger partial charge in [-0.1, -0.05) is 6.07 Å². The number of amides is 1. The predicted octanol–water partition coefficient (Wildman–Crippen LogP) is 2.97. The summed E-state index contributed by atoms with van der Waals surface area (Å²) in [7, 11) is 0. The standard InChI is InChI=1S/C20H15N7OS/c28-20(14-3-1-4-16(11-14)26-9-2-8-22-26)21-12-19-24-23-18-6-5-17(25-27(18)19)15-7-10-29-13-15/h1-11,13H,12H2,(H,21,28). The Bertz CT molecular complexity index is 1280. The van der Waals surface area contributed by atoms with E-state index in [4.69, 9.17) is 0 Å². The minimum absolute atomic E-state index is 0.204. The van der Waals surface area contributed by atoms with Gasteiger partial charge in [-0.3, -0.25) is 4.79 Å². The maximum atomic E-state index is 12.6. The second-order valence-corrected chi connectivity index (χ2v) is 7.08. The lowest BCUT2D eigenvalue weighted by atomic mass is 10.2. The van der Waals surface area contributed by atoms with Crippen molar-refractivity contribution in [3.05, 3.63) is 83.1 Å². The largest absolute Gasteiger partial charge is 0.345 e. The van der Waals surface area contributed by atoms with Crippen LogP contribution in [-0.4, -0.2) is 35.5 Å². The minimum Gasteiger partial charge on any atom is -0.345 e. The van der Waals surface area contributed by atoms with Gasteiger partial charge in [0.2, 0.25) is 0 Å². The minimum atomic E-state index is -0.204. The summed E-state index contributed by atoms with van der Waals surface area (Å²) in [5.74, 6) is 0.360. The molecule has 0 saturated heterocycles. The van der Waals surface area contributed by atoms with Crippen molar-refractivity contribution in [2.75, 3.05) is 0 Å². The SMILES string of the molecule is O=C(NCc1nnc2ccc(-c3ccsc3)nn12)c1cccc(-n2cccn2)c1. The van der Waals surface area contributed by atoms with Crippen LogP contribution < -0.4 is 5.32 Å². The average molecular weight is 401 g/mol. The van der Waals surface area contributed by atoms with Gasteiger partial charge < -0.3 is 5.32 Å². The van der Waals surface area contributed by atoms with E-state index in [1.165, 1.54) is 0 Å². The number of thiophene rings is 1. The highest BCUT2D eigenvalue weighted by Gasteiger charge is 2.12. The molecule has 0 aliphatic heterocycles. The summed E-state index contributed by atoms with van der Waals surface area (Å²) in [6, 6.07) is 14.9. The van der Waals surface area contributed by atoms with Crippen LogP contribution in [0.5, 0.6) is 0 Å². The maximum Gasteiger partial charge on any atom is 0.251 e. The van der Waals surface area contributed by atoms with E-state index < -0.39 is 0 Å². The average Bonchev–Trinajstić information content (AvgIpc) is 3.53. The number of hydrogen-bond donors (Lipinski definition) is 1. The van der Waals surface area contributed by atoms with E-state index in [2.05, 4.69) is 25.7 Å². The molecular formula is C20H15N7OS. The third kappa shape index (κ3) is 3.39. The highest BCUT2D eigenvalue weighted by Crippen LogP contribution is 2.20.